The van der Waals surface area contributed by atoms with E-state index in [-0.39, 0.29) is 17.6 Å². The molecule has 0 bridgehead atoms. The number of aromatic nitrogens is 1. The van der Waals surface area contributed by atoms with Gasteiger partial charge in [0.05, 0.1) is 4.92 Å². The van der Waals surface area contributed by atoms with E-state index in [1.54, 1.807) is 12.1 Å². The molecule has 1 aromatic heterocycles. The first-order valence-corrected chi connectivity index (χ1v) is 9.16. The van der Waals surface area contributed by atoms with Crippen LogP contribution in [-0.4, -0.2) is 32.9 Å². The van der Waals surface area contributed by atoms with Crippen LogP contribution in [0.15, 0.2) is 60.8 Å². The molecule has 1 amide bonds. The molecule has 0 aliphatic carbocycles. The Balaban J connectivity index is 1.83. The van der Waals surface area contributed by atoms with Crippen LogP contribution in [0.5, 0.6) is 0 Å². The average molecular weight is 363 g/mol. The third kappa shape index (κ3) is 3.07. The molecule has 0 radical (unpaired) electrons. The van der Waals surface area contributed by atoms with Crippen LogP contribution in [0.4, 0.5) is 5.69 Å². The third-order valence-electron chi connectivity index (χ3n) is 5.38. The Labute approximate surface area is 157 Å². The minimum Gasteiger partial charge on any atom is -0.338 e. The molecule has 6 nitrogen and oxygen atoms in total. The number of benzene rings is 2. The van der Waals surface area contributed by atoms with Crippen molar-refractivity contribution in [3.63, 3.8) is 0 Å². The summed E-state index contributed by atoms with van der Waals surface area (Å²) in [7, 11) is 0. The highest BCUT2D eigenvalue weighted by molar-refractivity contribution is 5.89. The fourth-order valence-corrected chi connectivity index (χ4v) is 3.97. The highest BCUT2D eigenvalue weighted by atomic mass is 16.6. The molecule has 2 atom stereocenters. The number of rotatable bonds is 4. The molecule has 1 unspecified atom stereocenters. The van der Waals surface area contributed by atoms with Gasteiger partial charge in [-0.3, -0.25) is 14.9 Å². The number of fused-ring (bicyclic) bond motifs is 1. The summed E-state index contributed by atoms with van der Waals surface area (Å²) < 4.78 is 1.93. The maximum Gasteiger partial charge on any atom is 0.270 e. The number of carbonyl (C=O) groups excluding carboxylic acids is 1. The van der Waals surface area contributed by atoms with E-state index in [2.05, 4.69) is 6.92 Å². The van der Waals surface area contributed by atoms with Gasteiger partial charge in [-0.15, -0.1) is 0 Å². The lowest BCUT2D eigenvalue weighted by Gasteiger charge is -2.28. The van der Waals surface area contributed by atoms with Crippen molar-refractivity contribution in [1.82, 2.24) is 9.47 Å². The van der Waals surface area contributed by atoms with Gasteiger partial charge in [0, 0.05) is 41.8 Å². The molecule has 2 heterocycles. The maximum atomic E-state index is 13.5. The number of nitro groups is 1. The SMILES string of the molecule is C[C@@H]1CCCN1C(=O)C(c1ccccc1)n1ccc2cc([N+](=O)[O-])ccc21. The Bertz CT molecular complexity index is 996. The van der Waals surface area contributed by atoms with Crippen molar-refractivity contribution in [3.05, 3.63) is 76.5 Å². The molecule has 27 heavy (non-hydrogen) atoms. The largest absolute Gasteiger partial charge is 0.338 e. The highest BCUT2D eigenvalue weighted by Crippen LogP contribution is 2.31. The second-order valence-electron chi connectivity index (χ2n) is 7.06. The van der Waals surface area contributed by atoms with E-state index in [0.717, 1.165) is 35.9 Å². The molecule has 0 spiro atoms. The molecule has 1 aliphatic rings. The summed E-state index contributed by atoms with van der Waals surface area (Å²) in [5.74, 6) is 0.0713. The summed E-state index contributed by atoms with van der Waals surface area (Å²) in [6.07, 6.45) is 3.89. The van der Waals surface area contributed by atoms with Crippen LogP contribution in [-0.2, 0) is 4.79 Å². The summed E-state index contributed by atoms with van der Waals surface area (Å²) >= 11 is 0. The summed E-state index contributed by atoms with van der Waals surface area (Å²) in [5.41, 5.74) is 1.78. The fourth-order valence-electron chi connectivity index (χ4n) is 3.97. The zero-order chi connectivity index (χ0) is 19.0. The van der Waals surface area contributed by atoms with E-state index in [9.17, 15) is 14.9 Å². The third-order valence-corrected chi connectivity index (χ3v) is 5.38. The number of nitro benzene ring substituents is 1. The topological polar surface area (TPSA) is 68.4 Å². The van der Waals surface area contributed by atoms with Gasteiger partial charge in [0.2, 0.25) is 0 Å². The summed E-state index contributed by atoms with van der Waals surface area (Å²) in [4.78, 5) is 26.1. The van der Waals surface area contributed by atoms with Gasteiger partial charge in [0.25, 0.3) is 11.6 Å². The normalized spacial score (nSPS) is 18.0. The lowest BCUT2D eigenvalue weighted by molar-refractivity contribution is -0.384. The van der Waals surface area contributed by atoms with Gasteiger partial charge < -0.3 is 9.47 Å². The average Bonchev–Trinajstić information content (AvgIpc) is 3.29. The van der Waals surface area contributed by atoms with Gasteiger partial charge >= 0.3 is 0 Å². The molecular weight excluding hydrogens is 342 g/mol. The first kappa shape index (κ1) is 17.3. The summed E-state index contributed by atoms with van der Waals surface area (Å²) in [6.45, 7) is 2.86. The van der Waals surface area contributed by atoms with Crippen molar-refractivity contribution in [2.45, 2.75) is 31.8 Å². The molecule has 3 aromatic rings. The van der Waals surface area contributed by atoms with Crippen molar-refractivity contribution in [2.75, 3.05) is 6.54 Å². The Morgan fingerprint density at radius 1 is 1.19 bits per heavy atom. The van der Waals surface area contributed by atoms with Gasteiger partial charge in [0.1, 0.15) is 6.04 Å². The Morgan fingerprint density at radius 2 is 1.96 bits per heavy atom. The predicted octanol–water partition coefficient (Wildman–Crippen LogP) is 4.15. The van der Waals surface area contributed by atoms with E-state index in [1.165, 1.54) is 6.07 Å². The van der Waals surface area contributed by atoms with Crippen molar-refractivity contribution in [3.8, 4) is 0 Å². The Hall–Kier alpha value is -3.15. The number of amides is 1. The first-order valence-electron chi connectivity index (χ1n) is 9.16. The Kier molecular flexibility index (Phi) is 4.39. The van der Waals surface area contributed by atoms with Gasteiger partial charge in [-0.2, -0.15) is 0 Å². The minimum atomic E-state index is -0.481. The molecule has 1 fully saturated rings. The molecule has 1 saturated heterocycles. The minimum absolute atomic E-state index is 0.0519. The van der Waals surface area contributed by atoms with Crippen molar-refractivity contribution in [1.29, 1.82) is 0 Å². The van der Waals surface area contributed by atoms with Crippen molar-refractivity contribution >= 4 is 22.5 Å². The van der Waals surface area contributed by atoms with Gasteiger partial charge in [-0.25, -0.2) is 0 Å². The Morgan fingerprint density at radius 3 is 2.63 bits per heavy atom. The predicted molar refractivity (Wildman–Crippen MR) is 104 cm³/mol. The summed E-state index contributed by atoms with van der Waals surface area (Å²) in [6, 6.07) is 16.1. The molecular formula is C21H21N3O3. The lowest BCUT2D eigenvalue weighted by atomic mass is 10.0. The second kappa shape index (κ2) is 6.87. The number of hydrogen-bond donors (Lipinski definition) is 0. The number of carbonyl (C=O) groups is 1. The van der Waals surface area contributed by atoms with Crippen molar-refractivity contribution in [2.24, 2.45) is 0 Å². The van der Waals surface area contributed by atoms with Gasteiger partial charge in [0.15, 0.2) is 0 Å². The first-order chi connectivity index (χ1) is 13.1. The van der Waals surface area contributed by atoms with Gasteiger partial charge in [-0.1, -0.05) is 30.3 Å². The van der Waals surface area contributed by atoms with E-state index in [1.807, 2.05) is 52.1 Å². The monoisotopic (exact) mass is 363 g/mol. The van der Waals surface area contributed by atoms with Crippen molar-refractivity contribution < 1.29 is 9.72 Å². The molecule has 4 rings (SSSR count). The molecule has 6 heteroatoms. The number of nitrogens with zero attached hydrogens (tertiary/aromatic N) is 3. The van der Waals surface area contributed by atoms with Crippen LogP contribution in [0.25, 0.3) is 10.9 Å². The van der Waals surface area contributed by atoms with Gasteiger partial charge in [-0.05, 0) is 37.5 Å². The molecule has 1 aliphatic heterocycles. The zero-order valence-corrected chi connectivity index (χ0v) is 15.1. The van der Waals surface area contributed by atoms with Crippen LogP contribution >= 0.6 is 0 Å². The molecule has 138 valence electrons. The van der Waals surface area contributed by atoms with E-state index >= 15 is 0 Å². The molecule has 0 N–H and O–H groups in total. The second-order valence-corrected chi connectivity index (χ2v) is 7.06. The smallest absolute Gasteiger partial charge is 0.270 e. The lowest BCUT2D eigenvalue weighted by Crippen LogP contribution is -2.39. The molecule has 2 aromatic carbocycles. The van der Waals surface area contributed by atoms with Crippen LogP contribution in [0.2, 0.25) is 0 Å². The number of hydrogen-bond acceptors (Lipinski definition) is 3. The van der Waals surface area contributed by atoms with Crippen LogP contribution in [0.1, 0.15) is 31.4 Å². The van der Waals surface area contributed by atoms with E-state index in [0.29, 0.717) is 0 Å². The molecule has 0 saturated carbocycles. The van der Waals surface area contributed by atoms with Crippen LogP contribution in [0.3, 0.4) is 0 Å². The van der Waals surface area contributed by atoms with E-state index < -0.39 is 11.0 Å². The van der Waals surface area contributed by atoms with E-state index in [4.69, 9.17) is 0 Å². The number of non-ortho nitro benzene ring substituents is 1. The standard InChI is InChI=1S/C21H21N3O3/c1-15-6-5-12-22(15)21(25)20(16-7-3-2-4-8-16)23-13-11-17-14-18(24(26)27)9-10-19(17)23/h2-4,7-11,13-15,20H,5-6,12H2,1H3/t15-,20?/m1/s1. The summed E-state index contributed by atoms with van der Waals surface area (Å²) in [5, 5.41) is 11.8. The zero-order valence-electron chi connectivity index (χ0n) is 15.1. The highest BCUT2D eigenvalue weighted by Gasteiger charge is 2.33. The maximum absolute atomic E-state index is 13.5. The van der Waals surface area contributed by atoms with Crippen LogP contribution in [0, 0.1) is 10.1 Å². The fraction of sp³-hybridized carbons (Fsp3) is 0.286. The quantitative estimate of drug-likeness (QED) is 0.516. The number of likely N-dealkylation sites (tertiary alicyclic amines) is 1. The van der Waals surface area contributed by atoms with Crippen LogP contribution < -0.4 is 0 Å².